The van der Waals surface area contributed by atoms with Crippen LogP contribution in [0.15, 0.2) is 30.9 Å². The summed E-state index contributed by atoms with van der Waals surface area (Å²) in [7, 11) is 0. The minimum Gasteiger partial charge on any atom is -0.399 e. The van der Waals surface area contributed by atoms with Crippen molar-refractivity contribution in [2.24, 2.45) is 0 Å². The van der Waals surface area contributed by atoms with Crippen molar-refractivity contribution in [3.8, 4) is 0 Å². The van der Waals surface area contributed by atoms with E-state index in [0.29, 0.717) is 19.8 Å². The molecule has 0 unspecified atom stereocenters. The van der Waals surface area contributed by atoms with Crippen LogP contribution in [0.1, 0.15) is 6.42 Å². The van der Waals surface area contributed by atoms with E-state index in [1.807, 2.05) is 24.3 Å². The van der Waals surface area contributed by atoms with Crippen molar-refractivity contribution in [2.75, 3.05) is 30.8 Å². The molecular weight excluding hydrogens is 228 g/mol. The molecule has 0 fully saturated rings. The van der Waals surface area contributed by atoms with Gasteiger partial charge in [-0.25, -0.2) is 4.98 Å². The second-order valence-corrected chi connectivity index (χ2v) is 3.98. The maximum Gasteiger partial charge on any atom is 0.201 e. The van der Waals surface area contributed by atoms with Crippen molar-refractivity contribution in [1.29, 1.82) is 0 Å². The van der Waals surface area contributed by atoms with E-state index >= 15 is 0 Å². The van der Waals surface area contributed by atoms with Gasteiger partial charge in [-0.1, -0.05) is 6.08 Å². The van der Waals surface area contributed by atoms with Crippen LogP contribution in [0, 0.1) is 0 Å². The van der Waals surface area contributed by atoms with E-state index in [-0.39, 0.29) is 0 Å². The van der Waals surface area contributed by atoms with Crippen LogP contribution in [0.3, 0.4) is 0 Å². The van der Waals surface area contributed by atoms with Gasteiger partial charge in [0.05, 0.1) is 24.2 Å². The molecule has 1 heterocycles. The Morgan fingerprint density at radius 1 is 1.44 bits per heavy atom. The van der Waals surface area contributed by atoms with E-state index in [1.165, 1.54) is 0 Å². The lowest BCUT2D eigenvalue weighted by Crippen LogP contribution is -2.10. The molecule has 0 spiro atoms. The molecule has 1 aromatic heterocycles. The molecule has 0 bridgehead atoms. The lowest BCUT2D eigenvalue weighted by Gasteiger charge is -2.03. The predicted octanol–water partition coefficient (Wildman–Crippen LogP) is 2.15. The topological polar surface area (TPSA) is 76.0 Å². The summed E-state index contributed by atoms with van der Waals surface area (Å²) in [5, 5.41) is 3.17. The van der Waals surface area contributed by atoms with Crippen LogP contribution in [0.4, 0.5) is 11.6 Å². The Labute approximate surface area is 106 Å². The van der Waals surface area contributed by atoms with E-state index < -0.39 is 0 Å². The van der Waals surface area contributed by atoms with E-state index in [9.17, 15) is 0 Å². The van der Waals surface area contributed by atoms with Gasteiger partial charge in [0.15, 0.2) is 0 Å². The fourth-order valence-corrected chi connectivity index (χ4v) is 1.62. The third-order valence-corrected chi connectivity index (χ3v) is 2.51. The van der Waals surface area contributed by atoms with Gasteiger partial charge in [-0.05, 0) is 24.6 Å². The van der Waals surface area contributed by atoms with Crippen molar-refractivity contribution < 1.29 is 4.74 Å². The van der Waals surface area contributed by atoms with Crippen molar-refractivity contribution >= 4 is 22.7 Å². The number of nitrogens with two attached hydrogens (primary N) is 1. The van der Waals surface area contributed by atoms with Gasteiger partial charge in [-0.15, -0.1) is 6.58 Å². The molecule has 0 saturated carbocycles. The van der Waals surface area contributed by atoms with Crippen molar-refractivity contribution in [2.45, 2.75) is 6.42 Å². The fourth-order valence-electron chi connectivity index (χ4n) is 1.62. The van der Waals surface area contributed by atoms with E-state index in [4.69, 9.17) is 10.5 Å². The molecule has 0 aliphatic heterocycles. The molecule has 0 aliphatic rings. The highest BCUT2D eigenvalue weighted by molar-refractivity contribution is 5.80. The number of imidazole rings is 1. The van der Waals surface area contributed by atoms with Gasteiger partial charge in [0.1, 0.15) is 0 Å². The third kappa shape index (κ3) is 3.24. The number of ether oxygens (including phenoxy) is 1. The van der Waals surface area contributed by atoms with Crippen LogP contribution >= 0.6 is 0 Å². The summed E-state index contributed by atoms with van der Waals surface area (Å²) < 4.78 is 5.39. The smallest absolute Gasteiger partial charge is 0.201 e. The van der Waals surface area contributed by atoms with E-state index in [1.54, 1.807) is 0 Å². The van der Waals surface area contributed by atoms with Gasteiger partial charge >= 0.3 is 0 Å². The number of rotatable bonds is 7. The number of aromatic nitrogens is 2. The Bertz CT molecular complexity index is 521. The number of benzene rings is 1. The number of nitrogen functional groups attached to an aromatic ring is 1. The average Bonchev–Trinajstić information content (AvgIpc) is 2.75. The number of fused-ring (bicyclic) bond motifs is 1. The number of anilines is 2. The number of nitrogens with zero attached hydrogens (tertiary/aromatic N) is 1. The fraction of sp³-hybridized carbons (Fsp3) is 0.308. The standard InChI is InChI=1S/C13H18N4O/c1-2-3-7-18-8-6-15-13-16-11-5-4-10(14)9-12(11)17-13/h2,4-5,9H,1,3,6-8,14H2,(H2,15,16,17). The average molecular weight is 246 g/mol. The Balaban J connectivity index is 1.82. The van der Waals surface area contributed by atoms with Crippen molar-refractivity contribution in [3.05, 3.63) is 30.9 Å². The molecule has 5 heteroatoms. The molecule has 2 rings (SSSR count). The van der Waals surface area contributed by atoms with E-state index in [0.717, 1.165) is 29.1 Å². The van der Waals surface area contributed by atoms with Crippen LogP contribution in [0.5, 0.6) is 0 Å². The van der Waals surface area contributed by atoms with Crippen LogP contribution < -0.4 is 11.1 Å². The third-order valence-electron chi connectivity index (χ3n) is 2.51. The number of nitrogens with one attached hydrogen (secondary N) is 2. The summed E-state index contributed by atoms with van der Waals surface area (Å²) in [6.07, 6.45) is 2.72. The Morgan fingerprint density at radius 2 is 2.33 bits per heavy atom. The SMILES string of the molecule is C=CCCOCCNc1nc2ccc(N)cc2[nH]1. The van der Waals surface area contributed by atoms with E-state index in [2.05, 4.69) is 21.9 Å². The molecule has 96 valence electrons. The molecule has 0 atom stereocenters. The molecule has 5 nitrogen and oxygen atoms in total. The second kappa shape index (κ2) is 6.07. The van der Waals surface area contributed by atoms with Gasteiger partial charge in [-0.3, -0.25) is 0 Å². The molecule has 0 radical (unpaired) electrons. The quantitative estimate of drug-likeness (QED) is 0.397. The van der Waals surface area contributed by atoms with Crippen LogP contribution in [-0.4, -0.2) is 29.7 Å². The Morgan fingerprint density at radius 3 is 3.17 bits per heavy atom. The molecule has 0 aliphatic carbocycles. The Hall–Kier alpha value is -2.01. The van der Waals surface area contributed by atoms with Crippen molar-refractivity contribution in [3.63, 3.8) is 0 Å². The summed E-state index contributed by atoms with van der Waals surface area (Å²) in [5.41, 5.74) is 8.27. The van der Waals surface area contributed by atoms with Gasteiger partial charge in [0.2, 0.25) is 5.95 Å². The molecule has 4 N–H and O–H groups in total. The maximum absolute atomic E-state index is 5.71. The first kappa shape index (κ1) is 12.4. The van der Waals surface area contributed by atoms with Crippen molar-refractivity contribution in [1.82, 2.24) is 9.97 Å². The summed E-state index contributed by atoms with van der Waals surface area (Å²) >= 11 is 0. The van der Waals surface area contributed by atoms with Gasteiger partial charge < -0.3 is 20.8 Å². The minimum absolute atomic E-state index is 0.646. The molecule has 0 saturated heterocycles. The highest BCUT2D eigenvalue weighted by Gasteiger charge is 2.01. The molecule has 0 amide bonds. The zero-order chi connectivity index (χ0) is 12.8. The lowest BCUT2D eigenvalue weighted by molar-refractivity contribution is 0.149. The highest BCUT2D eigenvalue weighted by atomic mass is 16.5. The predicted molar refractivity (Wildman–Crippen MR) is 74.6 cm³/mol. The highest BCUT2D eigenvalue weighted by Crippen LogP contribution is 2.16. The molecule has 18 heavy (non-hydrogen) atoms. The normalized spacial score (nSPS) is 10.7. The zero-order valence-electron chi connectivity index (χ0n) is 10.3. The van der Waals surface area contributed by atoms with Gasteiger partial charge in [0, 0.05) is 12.2 Å². The first-order valence-electron chi connectivity index (χ1n) is 5.97. The Kier molecular flexibility index (Phi) is 4.20. The number of H-pyrrole nitrogens is 1. The van der Waals surface area contributed by atoms with Crippen LogP contribution in [0.25, 0.3) is 11.0 Å². The minimum atomic E-state index is 0.646. The summed E-state index contributed by atoms with van der Waals surface area (Å²) in [5.74, 6) is 0.739. The first-order chi connectivity index (χ1) is 8.79. The lowest BCUT2D eigenvalue weighted by atomic mass is 10.3. The summed E-state index contributed by atoms with van der Waals surface area (Å²) in [4.78, 5) is 7.56. The number of hydrogen-bond acceptors (Lipinski definition) is 4. The summed E-state index contributed by atoms with van der Waals surface area (Å²) in [6, 6.07) is 5.60. The summed E-state index contributed by atoms with van der Waals surface area (Å²) in [6.45, 7) is 5.71. The molecule has 1 aromatic carbocycles. The maximum atomic E-state index is 5.71. The molecular formula is C13H18N4O. The van der Waals surface area contributed by atoms with Gasteiger partial charge in [0.25, 0.3) is 0 Å². The molecule has 2 aromatic rings. The second-order valence-electron chi connectivity index (χ2n) is 3.98. The number of hydrogen-bond donors (Lipinski definition) is 3. The largest absolute Gasteiger partial charge is 0.399 e. The zero-order valence-corrected chi connectivity index (χ0v) is 10.3. The van der Waals surface area contributed by atoms with Gasteiger partial charge in [-0.2, -0.15) is 0 Å². The van der Waals surface area contributed by atoms with Crippen LogP contribution in [-0.2, 0) is 4.74 Å². The number of aromatic amines is 1. The first-order valence-corrected chi connectivity index (χ1v) is 5.97. The van der Waals surface area contributed by atoms with Crippen LogP contribution in [0.2, 0.25) is 0 Å². The monoisotopic (exact) mass is 246 g/mol.